The molecule has 0 saturated carbocycles. The first-order valence-electron chi connectivity index (χ1n) is 7.44. The van der Waals surface area contributed by atoms with E-state index < -0.39 is 0 Å². The second kappa shape index (κ2) is 5.03. The van der Waals surface area contributed by atoms with Crippen LogP contribution in [0.25, 0.3) is 0 Å². The molecule has 2 aromatic rings. The second-order valence-electron chi connectivity index (χ2n) is 6.22. The molecule has 2 heteroatoms. The van der Waals surface area contributed by atoms with Crippen LogP contribution in [-0.2, 0) is 11.2 Å². The van der Waals surface area contributed by atoms with Gasteiger partial charge < -0.3 is 5.32 Å². The first kappa shape index (κ1) is 13.9. The summed E-state index contributed by atoms with van der Waals surface area (Å²) in [5.74, 6) is 0.0544. The highest BCUT2D eigenvalue weighted by atomic mass is 16.2. The minimum absolute atomic E-state index is 0.0703. The van der Waals surface area contributed by atoms with Crippen molar-refractivity contribution in [2.75, 3.05) is 5.32 Å². The van der Waals surface area contributed by atoms with Crippen LogP contribution in [-0.4, -0.2) is 5.91 Å². The van der Waals surface area contributed by atoms with Gasteiger partial charge in [-0.2, -0.15) is 0 Å². The molecule has 0 saturated heterocycles. The maximum absolute atomic E-state index is 12.4. The predicted molar refractivity (Wildman–Crippen MR) is 86.9 cm³/mol. The van der Waals surface area contributed by atoms with Gasteiger partial charge in [0, 0.05) is 5.69 Å². The first-order chi connectivity index (χ1) is 9.95. The van der Waals surface area contributed by atoms with Crippen molar-refractivity contribution in [3.8, 4) is 0 Å². The summed E-state index contributed by atoms with van der Waals surface area (Å²) in [6, 6.07) is 10.7. The third-order valence-electron chi connectivity index (χ3n) is 4.38. The third-order valence-corrected chi connectivity index (χ3v) is 4.38. The SMILES string of the molecule is Cc1ccc(C)c(C[C@@H]2C(=O)Nc3c(C)cc(C)cc32)c1. The van der Waals surface area contributed by atoms with Crippen LogP contribution >= 0.6 is 0 Å². The summed E-state index contributed by atoms with van der Waals surface area (Å²) in [5.41, 5.74) is 8.30. The molecule has 0 unspecified atom stereocenters. The van der Waals surface area contributed by atoms with Crippen molar-refractivity contribution in [3.05, 3.63) is 63.7 Å². The summed E-state index contributed by atoms with van der Waals surface area (Å²) < 4.78 is 0. The van der Waals surface area contributed by atoms with Gasteiger partial charge in [-0.15, -0.1) is 0 Å². The molecule has 0 aliphatic carbocycles. The molecule has 108 valence electrons. The fourth-order valence-electron chi connectivity index (χ4n) is 3.24. The van der Waals surface area contributed by atoms with E-state index in [1.807, 2.05) is 0 Å². The van der Waals surface area contributed by atoms with Crippen LogP contribution in [0, 0.1) is 27.7 Å². The van der Waals surface area contributed by atoms with E-state index in [-0.39, 0.29) is 11.8 Å². The number of aryl methyl sites for hydroxylation is 4. The van der Waals surface area contributed by atoms with Crippen LogP contribution in [0.15, 0.2) is 30.3 Å². The maximum atomic E-state index is 12.4. The van der Waals surface area contributed by atoms with Crippen molar-refractivity contribution in [2.45, 2.75) is 40.0 Å². The average molecular weight is 279 g/mol. The zero-order valence-corrected chi connectivity index (χ0v) is 13.1. The number of nitrogens with one attached hydrogen (secondary N) is 1. The van der Waals surface area contributed by atoms with Crippen molar-refractivity contribution in [3.63, 3.8) is 0 Å². The largest absolute Gasteiger partial charge is 0.325 e. The molecule has 2 aromatic carbocycles. The van der Waals surface area contributed by atoms with Crippen LogP contribution in [0.5, 0.6) is 0 Å². The molecule has 1 aliphatic rings. The van der Waals surface area contributed by atoms with Gasteiger partial charge in [0.15, 0.2) is 0 Å². The van der Waals surface area contributed by atoms with Gasteiger partial charge in [-0.05, 0) is 56.4 Å². The summed E-state index contributed by atoms with van der Waals surface area (Å²) >= 11 is 0. The van der Waals surface area contributed by atoms with Crippen LogP contribution < -0.4 is 5.32 Å². The molecule has 1 aliphatic heterocycles. The highest BCUT2D eigenvalue weighted by molar-refractivity contribution is 6.04. The van der Waals surface area contributed by atoms with E-state index in [0.717, 1.165) is 23.2 Å². The molecule has 0 fully saturated rings. The van der Waals surface area contributed by atoms with Crippen molar-refractivity contribution in [1.82, 2.24) is 0 Å². The molecule has 1 amide bonds. The van der Waals surface area contributed by atoms with E-state index in [1.54, 1.807) is 0 Å². The van der Waals surface area contributed by atoms with E-state index >= 15 is 0 Å². The van der Waals surface area contributed by atoms with Gasteiger partial charge in [0.25, 0.3) is 0 Å². The highest BCUT2D eigenvalue weighted by Gasteiger charge is 2.32. The lowest BCUT2D eigenvalue weighted by Gasteiger charge is -2.13. The number of hydrogen-bond acceptors (Lipinski definition) is 1. The van der Waals surface area contributed by atoms with Crippen LogP contribution in [0.1, 0.15) is 39.3 Å². The number of fused-ring (bicyclic) bond motifs is 1. The van der Waals surface area contributed by atoms with Crippen LogP contribution in [0.2, 0.25) is 0 Å². The molecular weight excluding hydrogens is 258 g/mol. The normalized spacial score (nSPS) is 16.8. The van der Waals surface area contributed by atoms with Crippen molar-refractivity contribution >= 4 is 11.6 Å². The molecule has 3 rings (SSSR count). The molecule has 1 heterocycles. The topological polar surface area (TPSA) is 29.1 Å². The highest BCUT2D eigenvalue weighted by Crippen LogP contribution is 2.38. The van der Waals surface area contributed by atoms with Crippen molar-refractivity contribution in [1.29, 1.82) is 0 Å². The molecule has 0 bridgehead atoms. The Kier molecular flexibility index (Phi) is 3.32. The quantitative estimate of drug-likeness (QED) is 0.877. The van der Waals surface area contributed by atoms with E-state index in [9.17, 15) is 4.79 Å². The van der Waals surface area contributed by atoms with E-state index in [2.05, 4.69) is 63.3 Å². The number of benzene rings is 2. The number of rotatable bonds is 2. The third kappa shape index (κ3) is 2.46. The Morgan fingerprint density at radius 2 is 1.71 bits per heavy atom. The second-order valence-corrected chi connectivity index (χ2v) is 6.22. The van der Waals surface area contributed by atoms with Gasteiger partial charge in [-0.3, -0.25) is 4.79 Å². The predicted octanol–water partition coefficient (Wildman–Crippen LogP) is 4.20. The van der Waals surface area contributed by atoms with E-state index in [0.29, 0.717) is 0 Å². The fourth-order valence-corrected chi connectivity index (χ4v) is 3.24. The molecule has 21 heavy (non-hydrogen) atoms. The summed E-state index contributed by atoms with van der Waals surface area (Å²) in [6.45, 7) is 8.36. The summed E-state index contributed by atoms with van der Waals surface area (Å²) in [4.78, 5) is 12.4. The fraction of sp³-hybridized carbons (Fsp3) is 0.316. The lowest BCUT2D eigenvalue weighted by molar-refractivity contribution is -0.117. The first-order valence-corrected chi connectivity index (χ1v) is 7.44. The van der Waals surface area contributed by atoms with E-state index in [4.69, 9.17) is 0 Å². The van der Waals surface area contributed by atoms with Gasteiger partial charge in [0.2, 0.25) is 5.91 Å². The smallest absolute Gasteiger partial charge is 0.232 e. The monoisotopic (exact) mass is 279 g/mol. The molecule has 0 aromatic heterocycles. The molecule has 0 radical (unpaired) electrons. The Balaban J connectivity index is 2.01. The maximum Gasteiger partial charge on any atom is 0.232 e. The Morgan fingerprint density at radius 1 is 0.952 bits per heavy atom. The summed E-state index contributed by atoms with van der Waals surface area (Å²) in [6.07, 6.45) is 0.773. The van der Waals surface area contributed by atoms with Gasteiger partial charge in [0.1, 0.15) is 0 Å². The van der Waals surface area contributed by atoms with Gasteiger partial charge in [-0.1, -0.05) is 41.5 Å². The molecule has 1 N–H and O–H groups in total. The summed E-state index contributed by atoms with van der Waals surface area (Å²) in [7, 11) is 0. The van der Waals surface area contributed by atoms with E-state index in [1.165, 1.54) is 22.3 Å². The number of carbonyl (C=O) groups is 1. The van der Waals surface area contributed by atoms with Crippen LogP contribution in [0.3, 0.4) is 0 Å². The zero-order chi connectivity index (χ0) is 15.1. The van der Waals surface area contributed by atoms with Crippen molar-refractivity contribution in [2.24, 2.45) is 0 Å². The number of hydrogen-bond donors (Lipinski definition) is 1. The molecular formula is C19H21NO. The number of amides is 1. The molecule has 2 nitrogen and oxygen atoms in total. The average Bonchev–Trinajstić information content (AvgIpc) is 2.72. The zero-order valence-electron chi connectivity index (χ0n) is 13.1. The minimum Gasteiger partial charge on any atom is -0.325 e. The molecule has 1 atom stereocenters. The van der Waals surface area contributed by atoms with Gasteiger partial charge >= 0.3 is 0 Å². The van der Waals surface area contributed by atoms with Crippen LogP contribution in [0.4, 0.5) is 5.69 Å². The standard InChI is InChI=1S/C19H21NO/c1-11-5-6-13(3)15(8-11)10-17-16-9-12(2)7-14(4)18(16)20-19(17)21/h5-9,17H,10H2,1-4H3,(H,20,21)/t17-/m0/s1. The Bertz CT molecular complexity index is 731. The van der Waals surface area contributed by atoms with Gasteiger partial charge in [-0.25, -0.2) is 0 Å². The lowest BCUT2D eigenvalue weighted by atomic mass is 9.89. The van der Waals surface area contributed by atoms with Gasteiger partial charge in [0.05, 0.1) is 5.92 Å². The Morgan fingerprint density at radius 3 is 2.48 bits per heavy atom. The minimum atomic E-state index is -0.0703. The number of anilines is 1. The lowest BCUT2D eigenvalue weighted by Crippen LogP contribution is -2.15. The van der Waals surface area contributed by atoms with Crippen molar-refractivity contribution < 1.29 is 4.79 Å². The Hall–Kier alpha value is -2.09. The number of carbonyl (C=O) groups excluding carboxylic acids is 1. The summed E-state index contributed by atoms with van der Waals surface area (Å²) in [5, 5.41) is 3.06. The Labute approximate surface area is 126 Å². The molecule has 0 spiro atoms.